The van der Waals surface area contributed by atoms with Crippen LogP contribution in [-0.2, 0) is 13.3 Å². The van der Waals surface area contributed by atoms with E-state index in [1.165, 1.54) is 12.8 Å². The van der Waals surface area contributed by atoms with Gasteiger partial charge in [0.2, 0.25) is 0 Å². The fraction of sp³-hybridized carbons (Fsp3) is 1.00. The monoisotopic (exact) mass is 405 g/mol. The Morgan fingerprint density at radius 2 is 1.08 bits per heavy atom. The summed E-state index contributed by atoms with van der Waals surface area (Å²) in [6.07, 6.45) is 3.26. The predicted octanol–water partition coefficient (Wildman–Crippen LogP) is 5.85. The van der Waals surface area contributed by atoms with Crippen molar-refractivity contribution in [1.82, 2.24) is 4.57 Å². The molecule has 0 rings (SSSR count). The Hall–Kier alpha value is 0.274. The van der Waals surface area contributed by atoms with Crippen molar-refractivity contribution in [2.45, 2.75) is 98.7 Å². The highest BCUT2D eigenvalue weighted by Crippen LogP contribution is 2.44. The maximum Gasteiger partial charge on any atom is 0.515 e. The van der Waals surface area contributed by atoms with Crippen LogP contribution in [0.15, 0.2) is 0 Å². The number of unbranched alkanes of at least 4 members (excludes halogenated alkanes) is 1. The molecule has 26 heavy (non-hydrogen) atoms. The molecule has 0 radical (unpaired) electrons. The van der Waals surface area contributed by atoms with E-state index in [0.717, 1.165) is 12.7 Å². The molecular formula is C20H47NO3Si2. The molecule has 0 N–H and O–H groups in total. The van der Waals surface area contributed by atoms with Crippen LogP contribution in [0.5, 0.6) is 0 Å². The van der Waals surface area contributed by atoms with E-state index in [0.29, 0.717) is 36.4 Å². The van der Waals surface area contributed by atoms with Crippen LogP contribution in [0.4, 0.5) is 0 Å². The Balaban J connectivity index is 6.08. The summed E-state index contributed by atoms with van der Waals surface area (Å²) >= 11 is 0. The van der Waals surface area contributed by atoms with Crippen molar-refractivity contribution >= 4 is 17.0 Å². The van der Waals surface area contributed by atoms with Crippen molar-refractivity contribution in [3.05, 3.63) is 0 Å². The van der Waals surface area contributed by atoms with Crippen molar-refractivity contribution in [2.75, 3.05) is 32.5 Å². The van der Waals surface area contributed by atoms with E-state index < -0.39 is 17.0 Å². The molecule has 0 saturated heterocycles. The highest BCUT2D eigenvalue weighted by atomic mass is 28.4. The third kappa shape index (κ3) is 6.41. The smallest absolute Gasteiger partial charge is 0.373 e. The lowest BCUT2D eigenvalue weighted by Crippen LogP contribution is -2.67. The van der Waals surface area contributed by atoms with E-state index >= 15 is 0 Å². The minimum absolute atomic E-state index is 0.646. The molecule has 158 valence electrons. The topological polar surface area (TPSA) is 30.9 Å². The van der Waals surface area contributed by atoms with E-state index in [1.54, 1.807) is 0 Å². The van der Waals surface area contributed by atoms with Crippen LogP contribution in [0.1, 0.15) is 82.1 Å². The Kier molecular flexibility index (Phi) is 12.8. The molecule has 0 saturated carbocycles. The quantitative estimate of drug-likeness (QED) is 0.320. The van der Waals surface area contributed by atoms with Crippen molar-refractivity contribution in [1.29, 1.82) is 0 Å². The van der Waals surface area contributed by atoms with Gasteiger partial charge in [0, 0.05) is 19.8 Å². The van der Waals surface area contributed by atoms with Crippen LogP contribution in [0.25, 0.3) is 0 Å². The van der Waals surface area contributed by atoms with Gasteiger partial charge < -0.3 is 17.8 Å². The lowest BCUT2D eigenvalue weighted by Gasteiger charge is -2.52. The van der Waals surface area contributed by atoms with Crippen LogP contribution in [0, 0.1) is 0 Å². The van der Waals surface area contributed by atoms with Crippen LogP contribution in [0.2, 0.25) is 16.6 Å². The largest absolute Gasteiger partial charge is 0.515 e. The summed E-state index contributed by atoms with van der Waals surface area (Å²) in [6, 6.07) is 0. The van der Waals surface area contributed by atoms with Crippen LogP contribution >= 0.6 is 0 Å². The molecule has 0 heterocycles. The molecule has 0 aliphatic heterocycles. The second-order valence-corrected chi connectivity index (χ2v) is 16.5. The first-order chi connectivity index (χ1) is 12.2. The van der Waals surface area contributed by atoms with Gasteiger partial charge in [-0.25, -0.2) is 0 Å². The van der Waals surface area contributed by atoms with Gasteiger partial charge in [0.15, 0.2) is 0 Å². The zero-order chi connectivity index (χ0) is 20.4. The summed E-state index contributed by atoms with van der Waals surface area (Å²) in [5, 5.41) is 0. The van der Waals surface area contributed by atoms with E-state index in [4.69, 9.17) is 13.3 Å². The Labute approximate surface area is 166 Å². The maximum absolute atomic E-state index is 6.23. The fourth-order valence-corrected chi connectivity index (χ4v) is 15.9. The molecular weight excluding hydrogens is 358 g/mol. The number of hydrogen-bond donors (Lipinski definition) is 0. The Morgan fingerprint density at radius 1 is 0.692 bits per heavy atom. The van der Waals surface area contributed by atoms with E-state index in [1.807, 2.05) is 20.8 Å². The fourth-order valence-electron chi connectivity index (χ4n) is 5.01. The lowest BCUT2D eigenvalue weighted by molar-refractivity contribution is 0.0628. The predicted molar refractivity (Wildman–Crippen MR) is 118 cm³/mol. The Morgan fingerprint density at radius 3 is 1.35 bits per heavy atom. The molecule has 0 spiro atoms. The third-order valence-electron chi connectivity index (χ3n) is 5.58. The average molecular weight is 406 g/mol. The van der Waals surface area contributed by atoms with Crippen molar-refractivity contribution < 1.29 is 13.3 Å². The Bertz CT molecular complexity index is 326. The van der Waals surface area contributed by atoms with E-state index in [-0.39, 0.29) is 0 Å². The molecule has 0 aliphatic rings. The molecule has 0 unspecified atom stereocenters. The first-order valence-corrected chi connectivity index (χ1v) is 15.0. The normalized spacial score (nSPS) is 13.6. The molecule has 0 aromatic heterocycles. The summed E-state index contributed by atoms with van der Waals surface area (Å²) < 4.78 is 21.5. The molecule has 0 amide bonds. The van der Waals surface area contributed by atoms with Gasteiger partial charge in [-0.3, -0.25) is 0 Å². The second kappa shape index (κ2) is 12.7. The average Bonchev–Trinajstić information content (AvgIpc) is 2.52. The van der Waals surface area contributed by atoms with Gasteiger partial charge in [-0.1, -0.05) is 54.9 Å². The number of hydrogen-bond acceptors (Lipinski definition) is 4. The summed E-state index contributed by atoms with van der Waals surface area (Å²) in [5.41, 5.74) is 2.03. The molecule has 0 aromatic carbocycles. The molecule has 4 nitrogen and oxygen atoms in total. The first-order valence-electron chi connectivity index (χ1n) is 10.8. The molecule has 0 aliphatic carbocycles. The summed E-state index contributed by atoms with van der Waals surface area (Å²) in [4.78, 5) is 0. The maximum atomic E-state index is 6.23. The minimum atomic E-state index is -2.70. The molecule has 0 aromatic rings. The zero-order valence-electron chi connectivity index (χ0n) is 19.4. The van der Waals surface area contributed by atoms with Crippen molar-refractivity contribution in [3.8, 4) is 0 Å². The van der Waals surface area contributed by atoms with E-state index in [2.05, 4.69) is 53.0 Å². The van der Waals surface area contributed by atoms with Gasteiger partial charge in [-0.15, -0.1) is 0 Å². The number of rotatable bonds is 15. The lowest BCUT2D eigenvalue weighted by atomic mass is 10.3. The highest BCUT2D eigenvalue weighted by molar-refractivity contribution is 6.82. The van der Waals surface area contributed by atoms with Gasteiger partial charge in [0.25, 0.3) is 0 Å². The SMILES string of the molecule is CCCCN(C[Si](OCC)(OCC)OCC)[Si](C(C)C)(C(C)C)C(C)C. The van der Waals surface area contributed by atoms with E-state index in [9.17, 15) is 0 Å². The van der Waals surface area contributed by atoms with Gasteiger partial charge in [-0.05, 0) is 50.4 Å². The number of nitrogens with zero attached hydrogens (tertiary/aromatic N) is 1. The van der Waals surface area contributed by atoms with Crippen molar-refractivity contribution in [3.63, 3.8) is 0 Å². The minimum Gasteiger partial charge on any atom is -0.373 e. The second-order valence-electron chi connectivity index (χ2n) is 8.11. The summed E-state index contributed by atoms with van der Waals surface area (Å²) in [5.74, 6) is 0. The standard InChI is InChI=1S/C20H47NO3Si2/c1-11-15-16-21(26(18(5)6,19(7)8)20(9)10)17-25(22-12-2,23-13-3)24-14-4/h18-20H,11-17H2,1-10H3. The van der Waals surface area contributed by atoms with Crippen LogP contribution in [-0.4, -0.2) is 54.1 Å². The first kappa shape index (κ1) is 26.3. The molecule has 0 fully saturated rings. The molecule has 0 atom stereocenters. The summed E-state index contributed by atoms with van der Waals surface area (Å²) in [6.45, 7) is 26.1. The highest BCUT2D eigenvalue weighted by Gasteiger charge is 2.53. The van der Waals surface area contributed by atoms with Crippen molar-refractivity contribution in [2.24, 2.45) is 0 Å². The van der Waals surface area contributed by atoms with Gasteiger partial charge in [0.1, 0.15) is 8.24 Å². The van der Waals surface area contributed by atoms with Crippen LogP contribution in [0.3, 0.4) is 0 Å². The van der Waals surface area contributed by atoms with Gasteiger partial charge >= 0.3 is 8.80 Å². The summed E-state index contributed by atoms with van der Waals surface area (Å²) in [7, 11) is -4.46. The van der Waals surface area contributed by atoms with Gasteiger partial charge in [0.05, 0.1) is 6.17 Å². The zero-order valence-corrected chi connectivity index (χ0v) is 21.4. The van der Waals surface area contributed by atoms with Crippen LogP contribution < -0.4 is 0 Å². The molecule has 0 bridgehead atoms. The van der Waals surface area contributed by atoms with Gasteiger partial charge in [-0.2, -0.15) is 0 Å². The molecule has 6 heteroatoms. The third-order valence-corrected chi connectivity index (χ3v) is 15.9.